The summed E-state index contributed by atoms with van der Waals surface area (Å²) in [6, 6.07) is 8.29. The van der Waals surface area contributed by atoms with Gasteiger partial charge in [-0.2, -0.15) is 0 Å². The highest BCUT2D eigenvalue weighted by Gasteiger charge is 2.16. The van der Waals surface area contributed by atoms with Gasteiger partial charge in [0, 0.05) is 13.2 Å². The van der Waals surface area contributed by atoms with Crippen molar-refractivity contribution in [2.24, 2.45) is 0 Å². The van der Waals surface area contributed by atoms with E-state index in [1.807, 2.05) is 19.1 Å². The molecular weight excluding hydrogens is 188 g/mol. The van der Waals surface area contributed by atoms with Crippen LogP contribution in [0.2, 0.25) is 0 Å². The predicted octanol–water partition coefficient (Wildman–Crippen LogP) is 2.63. The Kier molecular flexibility index (Phi) is 3.39. The molecule has 1 fully saturated rings. The van der Waals surface area contributed by atoms with Crippen molar-refractivity contribution < 1.29 is 9.84 Å². The van der Waals surface area contributed by atoms with Crippen molar-refractivity contribution in [3.8, 4) is 0 Å². The molecule has 1 aliphatic heterocycles. The van der Waals surface area contributed by atoms with Gasteiger partial charge in [-0.15, -0.1) is 0 Å². The first kappa shape index (κ1) is 10.7. The first-order valence-corrected chi connectivity index (χ1v) is 5.63. The van der Waals surface area contributed by atoms with E-state index >= 15 is 0 Å². The third-order valence-electron chi connectivity index (χ3n) is 3.09. The maximum atomic E-state index is 9.52. The Hall–Kier alpha value is -0.860. The highest BCUT2D eigenvalue weighted by molar-refractivity contribution is 5.27. The largest absolute Gasteiger partial charge is 0.389 e. The molecule has 0 aromatic heterocycles. The SMILES string of the molecule is CC(O)c1cccc(C2CCOCC2)c1. The summed E-state index contributed by atoms with van der Waals surface area (Å²) < 4.78 is 5.35. The van der Waals surface area contributed by atoms with Gasteiger partial charge in [0.25, 0.3) is 0 Å². The first-order chi connectivity index (χ1) is 7.27. The van der Waals surface area contributed by atoms with Gasteiger partial charge in [-0.1, -0.05) is 24.3 Å². The highest BCUT2D eigenvalue weighted by atomic mass is 16.5. The minimum atomic E-state index is -0.371. The first-order valence-electron chi connectivity index (χ1n) is 5.63. The Morgan fingerprint density at radius 3 is 2.73 bits per heavy atom. The van der Waals surface area contributed by atoms with Gasteiger partial charge in [0.1, 0.15) is 0 Å². The molecule has 2 nitrogen and oxygen atoms in total. The van der Waals surface area contributed by atoms with E-state index < -0.39 is 0 Å². The van der Waals surface area contributed by atoms with Crippen molar-refractivity contribution in [2.75, 3.05) is 13.2 Å². The van der Waals surface area contributed by atoms with Crippen molar-refractivity contribution >= 4 is 0 Å². The van der Waals surface area contributed by atoms with E-state index in [1.54, 1.807) is 0 Å². The fourth-order valence-electron chi connectivity index (χ4n) is 2.10. The van der Waals surface area contributed by atoms with E-state index in [-0.39, 0.29) is 6.10 Å². The molecule has 15 heavy (non-hydrogen) atoms. The van der Waals surface area contributed by atoms with Gasteiger partial charge >= 0.3 is 0 Å². The molecule has 1 saturated heterocycles. The van der Waals surface area contributed by atoms with Gasteiger partial charge in [0.2, 0.25) is 0 Å². The number of aliphatic hydroxyl groups is 1. The zero-order chi connectivity index (χ0) is 10.7. The summed E-state index contributed by atoms with van der Waals surface area (Å²) in [5.41, 5.74) is 2.36. The summed E-state index contributed by atoms with van der Waals surface area (Å²) >= 11 is 0. The minimum Gasteiger partial charge on any atom is -0.389 e. The quantitative estimate of drug-likeness (QED) is 0.806. The van der Waals surface area contributed by atoms with Crippen LogP contribution in [0.15, 0.2) is 24.3 Å². The highest BCUT2D eigenvalue weighted by Crippen LogP contribution is 2.28. The second kappa shape index (κ2) is 4.77. The Morgan fingerprint density at radius 1 is 1.33 bits per heavy atom. The van der Waals surface area contributed by atoms with Crippen molar-refractivity contribution in [1.82, 2.24) is 0 Å². The van der Waals surface area contributed by atoms with Crippen molar-refractivity contribution in [2.45, 2.75) is 31.8 Å². The summed E-state index contributed by atoms with van der Waals surface area (Å²) in [6.07, 6.45) is 1.83. The molecule has 0 spiro atoms. The molecule has 1 aromatic rings. The average Bonchev–Trinajstić information content (AvgIpc) is 2.30. The molecule has 0 aliphatic carbocycles. The molecule has 0 amide bonds. The second-order valence-electron chi connectivity index (χ2n) is 4.23. The Balaban J connectivity index is 2.16. The van der Waals surface area contributed by atoms with Crippen LogP contribution in [0.3, 0.4) is 0 Å². The molecule has 2 heteroatoms. The van der Waals surface area contributed by atoms with Gasteiger partial charge in [0.15, 0.2) is 0 Å². The topological polar surface area (TPSA) is 29.5 Å². The number of ether oxygens (including phenoxy) is 1. The second-order valence-corrected chi connectivity index (χ2v) is 4.23. The summed E-state index contributed by atoms with van der Waals surface area (Å²) in [5, 5.41) is 9.52. The third kappa shape index (κ3) is 2.58. The molecule has 1 aliphatic rings. The zero-order valence-electron chi connectivity index (χ0n) is 9.15. The van der Waals surface area contributed by atoms with Crippen LogP contribution >= 0.6 is 0 Å². The Labute approximate surface area is 90.9 Å². The minimum absolute atomic E-state index is 0.371. The van der Waals surface area contributed by atoms with Crippen molar-refractivity contribution in [1.29, 1.82) is 0 Å². The molecule has 82 valence electrons. The molecule has 0 bridgehead atoms. The lowest BCUT2D eigenvalue weighted by atomic mass is 9.90. The van der Waals surface area contributed by atoms with Crippen LogP contribution in [-0.2, 0) is 4.74 Å². The summed E-state index contributed by atoms with van der Waals surface area (Å²) in [4.78, 5) is 0. The fourth-order valence-corrected chi connectivity index (χ4v) is 2.10. The standard InChI is InChI=1S/C13H18O2/c1-10(14)12-3-2-4-13(9-12)11-5-7-15-8-6-11/h2-4,9-11,14H,5-8H2,1H3. The number of benzene rings is 1. The van der Waals surface area contributed by atoms with E-state index in [9.17, 15) is 5.11 Å². The number of hydrogen-bond acceptors (Lipinski definition) is 2. The van der Waals surface area contributed by atoms with Crippen LogP contribution in [0.5, 0.6) is 0 Å². The molecule has 1 atom stereocenters. The van der Waals surface area contributed by atoms with Crippen LogP contribution in [0, 0.1) is 0 Å². The summed E-state index contributed by atoms with van der Waals surface area (Å²) in [7, 11) is 0. The summed E-state index contributed by atoms with van der Waals surface area (Å²) in [5.74, 6) is 0.609. The van der Waals surface area contributed by atoms with Gasteiger partial charge in [-0.05, 0) is 36.8 Å². The average molecular weight is 206 g/mol. The maximum Gasteiger partial charge on any atom is 0.0762 e. The molecule has 0 saturated carbocycles. The molecular formula is C13H18O2. The molecule has 1 heterocycles. The van der Waals surface area contributed by atoms with Crippen LogP contribution < -0.4 is 0 Å². The van der Waals surface area contributed by atoms with E-state index in [0.29, 0.717) is 5.92 Å². The molecule has 1 aromatic carbocycles. The number of hydrogen-bond donors (Lipinski definition) is 1. The molecule has 1 N–H and O–H groups in total. The van der Waals surface area contributed by atoms with Crippen LogP contribution in [0.4, 0.5) is 0 Å². The van der Waals surface area contributed by atoms with Crippen molar-refractivity contribution in [3.05, 3.63) is 35.4 Å². The fraction of sp³-hybridized carbons (Fsp3) is 0.538. The van der Waals surface area contributed by atoms with E-state index in [0.717, 1.165) is 31.6 Å². The van der Waals surface area contributed by atoms with E-state index in [2.05, 4.69) is 12.1 Å². The van der Waals surface area contributed by atoms with E-state index in [4.69, 9.17) is 4.74 Å². The van der Waals surface area contributed by atoms with Crippen LogP contribution in [0.25, 0.3) is 0 Å². The van der Waals surface area contributed by atoms with Crippen LogP contribution in [-0.4, -0.2) is 18.3 Å². The molecule has 0 radical (unpaired) electrons. The normalized spacial score (nSPS) is 20.1. The smallest absolute Gasteiger partial charge is 0.0762 e. The molecule has 2 rings (SSSR count). The zero-order valence-corrected chi connectivity index (χ0v) is 9.15. The van der Waals surface area contributed by atoms with Crippen molar-refractivity contribution in [3.63, 3.8) is 0 Å². The lowest BCUT2D eigenvalue weighted by Crippen LogP contribution is -2.14. The molecule has 1 unspecified atom stereocenters. The Bertz CT molecular complexity index is 314. The third-order valence-corrected chi connectivity index (χ3v) is 3.09. The summed E-state index contributed by atoms with van der Waals surface area (Å²) in [6.45, 7) is 3.54. The van der Waals surface area contributed by atoms with Gasteiger partial charge < -0.3 is 9.84 Å². The maximum absolute atomic E-state index is 9.52. The Morgan fingerprint density at radius 2 is 2.07 bits per heavy atom. The lowest BCUT2D eigenvalue weighted by Gasteiger charge is -2.23. The lowest BCUT2D eigenvalue weighted by molar-refractivity contribution is 0.0853. The van der Waals surface area contributed by atoms with Crippen LogP contribution in [0.1, 0.15) is 42.9 Å². The van der Waals surface area contributed by atoms with E-state index in [1.165, 1.54) is 5.56 Å². The van der Waals surface area contributed by atoms with Gasteiger partial charge in [-0.25, -0.2) is 0 Å². The van der Waals surface area contributed by atoms with Gasteiger partial charge in [-0.3, -0.25) is 0 Å². The van der Waals surface area contributed by atoms with Gasteiger partial charge in [0.05, 0.1) is 6.10 Å². The number of aliphatic hydroxyl groups excluding tert-OH is 1. The predicted molar refractivity (Wildman–Crippen MR) is 59.9 cm³/mol. The monoisotopic (exact) mass is 206 g/mol. The number of rotatable bonds is 2.